The van der Waals surface area contributed by atoms with E-state index in [1.54, 1.807) is 5.56 Å². The lowest BCUT2D eigenvalue weighted by Gasteiger charge is -2.53. The minimum absolute atomic E-state index is 0.166. The zero-order valence-corrected chi connectivity index (χ0v) is 42.8. The molecule has 0 radical (unpaired) electrons. The molecule has 2 nitrogen and oxygen atoms in total. The van der Waals surface area contributed by atoms with Crippen LogP contribution in [0.5, 0.6) is 0 Å². The van der Waals surface area contributed by atoms with E-state index in [9.17, 15) is 0 Å². The average Bonchev–Trinajstić information content (AvgIpc) is 3.87. The zero-order chi connectivity index (χ0) is 49.3. The standard InChI is InChI=1S/C72H62N2/c1-4-46-17-16-24-54(39-46)72(53-22-6-5-7-23-53)63-41-48(32-35-60(63)70-59-38-37-58(59)69(45-64(70)72)74-67-27-14-10-20-51(67)43-52-21-11-15-28-68(52)74)30-29-47-31-34-56-57-36-33-55(44-62(57)71(2,3)61(56)40-47)73-65-25-12-8-18-49(65)42-50-19-9-13-26-66(50)73/h5-16,18-36,39-41,44-46,58-59,64,70H,4,17,37-38,42-43H2,1-3H3/b30-29+/t46-,58?,59+,64?,70?,72?/m1/s1. The molecule has 5 aliphatic carbocycles. The summed E-state index contributed by atoms with van der Waals surface area (Å²) in [4.78, 5) is 5.19. The summed E-state index contributed by atoms with van der Waals surface area (Å²) in [5, 5.41) is 0. The number of nitrogens with zero attached hydrogens (tertiary/aromatic N) is 2. The van der Waals surface area contributed by atoms with E-state index in [1.807, 2.05) is 0 Å². The fourth-order valence-corrected chi connectivity index (χ4v) is 15.3. The Kier molecular flexibility index (Phi) is 9.88. The van der Waals surface area contributed by atoms with Crippen LogP contribution in [0.4, 0.5) is 28.4 Å². The highest BCUT2D eigenvalue weighted by atomic mass is 15.2. The number of hydrogen-bond acceptors (Lipinski definition) is 2. The van der Waals surface area contributed by atoms with Gasteiger partial charge in [0.05, 0.1) is 5.41 Å². The zero-order valence-electron chi connectivity index (χ0n) is 42.8. The summed E-state index contributed by atoms with van der Waals surface area (Å²) < 4.78 is 0. The monoisotopic (exact) mass is 954 g/mol. The Bertz CT molecular complexity index is 3640. The van der Waals surface area contributed by atoms with Gasteiger partial charge in [-0.3, -0.25) is 0 Å². The van der Waals surface area contributed by atoms with Gasteiger partial charge in [0, 0.05) is 64.2 Å². The van der Waals surface area contributed by atoms with Crippen molar-refractivity contribution in [3.8, 4) is 11.1 Å². The maximum atomic E-state index is 2.81. The molecular formula is C72H62N2. The SMILES string of the molecule is CC[C@H]1C=C(C2(c3ccccc3)c3cc(/C=C/c4ccc5c(c4)C(C)(C)c4cc(N6c7ccccc7Cc7ccccc76)ccc4-5)ccc3C3C2C=C(N2c4ccccc4Cc4ccccc42)C2CC[C@@H]23)C=CC1. The van der Waals surface area contributed by atoms with E-state index >= 15 is 0 Å². The molecule has 0 amide bonds. The Balaban J connectivity index is 0.835. The Morgan fingerprint density at radius 3 is 1.70 bits per heavy atom. The van der Waals surface area contributed by atoms with Crippen molar-refractivity contribution in [3.05, 3.63) is 279 Å². The normalized spacial score (nSPS) is 24.0. The maximum absolute atomic E-state index is 2.81. The van der Waals surface area contributed by atoms with Gasteiger partial charge in [0.2, 0.25) is 0 Å². The van der Waals surface area contributed by atoms with E-state index in [0.29, 0.717) is 23.7 Å². The minimum Gasteiger partial charge on any atom is -0.314 e. The predicted octanol–water partition coefficient (Wildman–Crippen LogP) is 18.1. The fraction of sp³-hybridized carbons (Fsp3) is 0.222. The fourth-order valence-electron chi connectivity index (χ4n) is 15.3. The number of fused-ring (bicyclic) bond motifs is 12. The van der Waals surface area contributed by atoms with Gasteiger partial charge in [0.25, 0.3) is 0 Å². The van der Waals surface area contributed by atoms with Crippen molar-refractivity contribution in [1.29, 1.82) is 0 Å². The number of allylic oxidation sites excluding steroid dienone is 6. The molecule has 2 heteroatoms. The van der Waals surface area contributed by atoms with Crippen LogP contribution in [0, 0.1) is 23.7 Å². The van der Waals surface area contributed by atoms with Crippen LogP contribution in [0.25, 0.3) is 23.3 Å². The Morgan fingerprint density at radius 1 is 0.541 bits per heavy atom. The third-order valence-corrected chi connectivity index (χ3v) is 19.0. The molecule has 0 spiro atoms. The molecule has 0 saturated heterocycles. The minimum atomic E-state index is -0.351. The molecule has 360 valence electrons. The maximum Gasteiger partial charge on any atom is 0.0520 e. The van der Waals surface area contributed by atoms with Gasteiger partial charge >= 0.3 is 0 Å². The van der Waals surface area contributed by atoms with Gasteiger partial charge in [-0.25, -0.2) is 0 Å². The van der Waals surface area contributed by atoms with Crippen molar-refractivity contribution in [3.63, 3.8) is 0 Å². The first-order valence-electron chi connectivity index (χ1n) is 27.6. The molecule has 4 unspecified atom stereocenters. The van der Waals surface area contributed by atoms with Crippen LogP contribution in [0.3, 0.4) is 0 Å². The highest BCUT2D eigenvalue weighted by Gasteiger charge is 2.61. The second-order valence-electron chi connectivity index (χ2n) is 23.0. The van der Waals surface area contributed by atoms with Gasteiger partial charge in [-0.1, -0.05) is 203 Å². The number of para-hydroxylation sites is 4. The summed E-state index contributed by atoms with van der Waals surface area (Å²) in [5.74, 6) is 2.28. The second kappa shape index (κ2) is 16.7. The second-order valence-corrected chi connectivity index (χ2v) is 23.0. The van der Waals surface area contributed by atoms with E-state index < -0.39 is 0 Å². The van der Waals surface area contributed by atoms with Crippen LogP contribution in [-0.2, 0) is 23.7 Å². The van der Waals surface area contributed by atoms with Gasteiger partial charge in [-0.2, -0.15) is 0 Å². The van der Waals surface area contributed by atoms with Crippen LogP contribution >= 0.6 is 0 Å². The van der Waals surface area contributed by atoms with Crippen molar-refractivity contribution < 1.29 is 0 Å². The average molecular weight is 955 g/mol. The molecule has 1 saturated carbocycles. The van der Waals surface area contributed by atoms with Crippen LogP contribution < -0.4 is 9.80 Å². The van der Waals surface area contributed by atoms with Crippen molar-refractivity contribution in [2.45, 2.75) is 76.0 Å². The summed E-state index contributed by atoms with van der Waals surface area (Å²) in [7, 11) is 0. The molecule has 2 aliphatic heterocycles. The summed E-state index contributed by atoms with van der Waals surface area (Å²) in [6, 6.07) is 69.9. The topological polar surface area (TPSA) is 6.48 Å². The molecule has 6 atom stereocenters. The molecule has 74 heavy (non-hydrogen) atoms. The van der Waals surface area contributed by atoms with E-state index in [0.717, 1.165) is 25.7 Å². The van der Waals surface area contributed by atoms with E-state index in [1.165, 1.54) is 119 Å². The van der Waals surface area contributed by atoms with Crippen LogP contribution in [0.2, 0.25) is 0 Å². The molecular weight excluding hydrogens is 893 g/mol. The van der Waals surface area contributed by atoms with Gasteiger partial charge in [0.1, 0.15) is 0 Å². The third kappa shape index (κ3) is 6.36. The first-order valence-corrected chi connectivity index (χ1v) is 27.6. The van der Waals surface area contributed by atoms with Crippen molar-refractivity contribution >= 4 is 40.6 Å². The molecule has 2 heterocycles. The number of anilines is 5. The van der Waals surface area contributed by atoms with Crippen LogP contribution in [-0.4, -0.2) is 0 Å². The number of hydrogen-bond donors (Lipinski definition) is 0. The van der Waals surface area contributed by atoms with Crippen molar-refractivity contribution in [2.75, 3.05) is 9.80 Å². The summed E-state index contributed by atoms with van der Waals surface area (Å²) in [5.41, 5.74) is 27.0. The summed E-state index contributed by atoms with van der Waals surface area (Å²) >= 11 is 0. The van der Waals surface area contributed by atoms with Crippen LogP contribution in [0.1, 0.15) is 114 Å². The first kappa shape index (κ1) is 43.9. The molecule has 1 fully saturated rings. The summed E-state index contributed by atoms with van der Waals surface area (Å²) in [6.45, 7) is 7.21. The molecule has 0 N–H and O–H groups in total. The predicted molar refractivity (Wildman–Crippen MR) is 308 cm³/mol. The van der Waals surface area contributed by atoms with Gasteiger partial charge in [0.15, 0.2) is 0 Å². The van der Waals surface area contributed by atoms with Gasteiger partial charge < -0.3 is 9.80 Å². The molecule has 8 aromatic carbocycles. The first-order chi connectivity index (χ1) is 36.4. The van der Waals surface area contributed by atoms with E-state index in [-0.39, 0.29) is 16.7 Å². The molecule has 0 aromatic heterocycles. The van der Waals surface area contributed by atoms with Crippen molar-refractivity contribution in [2.24, 2.45) is 23.7 Å². The Hall–Kier alpha value is -7.68. The van der Waals surface area contributed by atoms with Crippen LogP contribution in [0.15, 0.2) is 218 Å². The van der Waals surface area contributed by atoms with E-state index in [4.69, 9.17) is 0 Å². The largest absolute Gasteiger partial charge is 0.314 e. The third-order valence-electron chi connectivity index (χ3n) is 19.0. The van der Waals surface area contributed by atoms with Gasteiger partial charge in [-0.15, -0.1) is 0 Å². The number of rotatable bonds is 7. The molecule has 7 aliphatic rings. The lowest BCUT2D eigenvalue weighted by molar-refractivity contribution is 0.127. The Morgan fingerprint density at radius 2 is 1.09 bits per heavy atom. The molecule has 0 bridgehead atoms. The summed E-state index contributed by atoms with van der Waals surface area (Å²) in [6.07, 6.45) is 22.0. The highest BCUT2D eigenvalue weighted by Crippen LogP contribution is 2.68. The number of benzene rings is 8. The van der Waals surface area contributed by atoms with E-state index in [2.05, 4.69) is 249 Å². The smallest absolute Gasteiger partial charge is 0.0520 e. The molecule has 8 aromatic rings. The lowest BCUT2D eigenvalue weighted by atomic mass is 9.53. The van der Waals surface area contributed by atoms with Crippen molar-refractivity contribution in [1.82, 2.24) is 0 Å². The van der Waals surface area contributed by atoms with Gasteiger partial charge in [-0.05, 0) is 158 Å². The Labute approximate surface area is 437 Å². The highest BCUT2D eigenvalue weighted by molar-refractivity contribution is 5.89. The lowest BCUT2D eigenvalue weighted by Crippen LogP contribution is -2.47. The quantitative estimate of drug-likeness (QED) is 0.147. The molecule has 15 rings (SSSR count).